The third-order valence-corrected chi connectivity index (χ3v) is 6.48. The van der Waals surface area contributed by atoms with Gasteiger partial charge in [0.15, 0.2) is 11.5 Å². The van der Waals surface area contributed by atoms with Gasteiger partial charge in [0.05, 0.1) is 17.7 Å². The van der Waals surface area contributed by atoms with Gasteiger partial charge >= 0.3 is 18.2 Å². The number of carbonyl (C=O) groups is 4. The van der Waals surface area contributed by atoms with Crippen LogP contribution in [0.1, 0.15) is 87.1 Å². The molecule has 0 N–H and O–H groups in total. The average molecular weight is 520 g/mol. The van der Waals surface area contributed by atoms with Crippen LogP contribution in [-0.2, 0) is 11.2 Å². The molecule has 1 aromatic carbocycles. The number of amides is 3. The number of benzene rings is 1. The van der Waals surface area contributed by atoms with Gasteiger partial charge in [-0.05, 0) is 60.3 Å². The van der Waals surface area contributed by atoms with E-state index in [0.29, 0.717) is 44.8 Å². The third kappa shape index (κ3) is 7.14. The zero-order valence-corrected chi connectivity index (χ0v) is 23.1. The Morgan fingerprint density at radius 2 is 1.35 bits per heavy atom. The Kier molecular flexibility index (Phi) is 11.7. The second-order valence-electron chi connectivity index (χ2n) is 8.61. The quantitative estimate of drug-likeness (QED) is 0.411. The second-order valence-corrected chi connectivity index (χ2v) is 8.61. The van der Waals surface area contributed by atoms with Gasteiger partial charge < -0.3 is 28.9 Å². The highest BCUT2D eigenvalue weighted by Gasteiger charge is 2.33. The molecule has 2 rings (SSSR count). The predicted octanol–water partition coefficient (Wildman–Crippen LogP) is 4.73. The molecule has 0 aromatic heterocycles. The summed E-state index contributed by atoms with van der Waals surface area (Å²) in [4.78, 5) is 57.4. The molecular formula is C27H41N3O7. The summed E-state index contributed by atoms with van der Waals surface area (Å²) in [6, 6.07) is 1.29. The van der Waals surface area contributed by atoms with Crippen molar-refractivity contribution in [3.63, 3.8) is 0 Å². The Balaban J connectivity index is 2.78. The van der Waals surface area contributed by atoms with E-state index in [4.69, 9.17) is 14.2 Å². The van der Waals surface area contributed by atoms with Crippen LogP contribution in [0, 0.1) is 0 Å². The normalized spacial score (nSPS) is 13.1. The molecule has 0 radical (unpaired) electrons. The van der Waals surface area contributed by atoms with Gasteiger partial charge in [0.1, 0.15) is 0 Å². The smallest absolute Gasteiger partial charge is 0.415 e. The molecule has 0 spiro atoms. The van der Waals surface area contributed by atoms with Crippen LogP contribution in [-0.4, -0.2) is 84.6 Å². The maximum Gasteiger partial charge on any atom is 0.415 e. The van der Waals surface area contributed by atoms with Crippen LogP contribution in [0.3, 0.4) is 0 Å². The lowest BCUT2D eigenvalue weighted by atomic mass is 9.95. The van der Waals surface area contributed by atoms with Gasteiger partial charge in [-0.1, -0.05) is 6.92 Å². The van der Waals surface area contributed by atoms with E-state index in [2.05, 4.69) is 0 Å². The van der Waals surface area contributed by atoms with Crippen LogP contribution in [0.25, 0.3) is 0 Å². The number of likely N-dealkylation sites (tertiary alicyclic amines) is 1. The van der Waals surface area contributed by atoms with Crippen molar-refractivity contribution in [2.45, 2.75) is 67.2 Å². The van der Waals surface area contributed by atoms with Crippen LogP contribution in [0.2, 0.25) is 0 Å². The number of hydrogen-bond donors (Lipinski definition) is 0. The minimum Gasteiger partial charge on any atom is -0.462 e. The van der Waals surface area contributed by atoms with Crippen LogP contribution in [0.15, 0.2) is 6.07 Å². The highest BCUT2D eigenvalue weighted by molar-refractivity contribution is 6.08. The molecule has 10 nitrogen and oxygen atoms in total. The molecule has 0 saturated carbocycles. The van der Waals surface area contributed by atoms with Crippen molar-refractivity contribution < 1.29 is 33.4 Å². The molecule has 0 atom stereocenters. The van der Waals surface area contributed by atoms with Crippen molar-refractivity contribution in [2.24, 2.45) is 0 Å². The Bertz CT molecular complexity index is 965. The van der Waals surface area contributed by atoms with E-state index in [0.717, 1.165) is 19.3 Å². The number of carbonyl (C=O) groups excluding carboxylic acids is 4. The lowest BCUT2D eigenvalue weighted by Gasteiger charge is -2.29. The molecule has 1 aliphatic rings. The van der Waals surface area contributed by atoms with Crippen LogP contribution in [0.5, 0.6) is 11.5 Å². The van der Waals surface area contributed by atoms with E-state index in [1.807, 2.05) is 27.7 Å². The summed E-state index contributed by atoms with van der Waals surface area (Å²) in [5, 5.41) is 0. The number of esters is 1. The molecular weight excluding hydrogens is 478 g/mol. The van der Waals surface area contributed by atoms with Crippen molar-refractivity contribution in [1.29, 1.82) is 0 Å². The summed E-state index contributed by atoms with van der Waals surface area (Å²) >= 11 is 0. The first-order valence-electron chi connectivity index (χ1n) is 13.4. The van der Waals surface area contributed by atoms with E-state index < -0.39 is 18.2 Å². The molecule has 0 unspecified atom stereocenters. The lowest BCUT2D eigenvalue weighted by Crippen LogP contribution is -2.38. The van der Waals surface area contributed by atoms with E-state index in [1.165, 1.54) is 15.9 Å². The first-order chi connectivity index (χ1) is 17.8. The summed E-state index contributed by atoms with van der Waals surface area (Å²) in [7, 11) is 0. The minimum atomic E-state index is -0.709. The van der Waals surface area contributed by atoms with Gasteiger partial charge in [0.25, 0.3) is 5.91 Å². The molecule has 0 bridgehead atoms. The number of piperidine rings is 1. The third-order valence-electron chi connectivity index (χ3n) is 6.48. The van der Waals surface area contributed by atoms with Gasteiger partial charge in [-0.25, -0.2) is 14.4 Å². The summed E-state index contributed by atoms with van der Waals surface area (Å²) in [5.74, 6) is -1.18. The largest absolute Gasteiger partial charge is 0.462 e. The van der Waals surface area contributed by atoms with Crippen LogP contribution < -0.4 is 9.47 Å². The molecule has 206 valence electrons. The fourth-order valence-electron chi connectivity index (χ4n) is 4.36. The van der Waals surface area contributed by atoms with Gasteiger partial charge in [-0.2, -0.15) is 0 Å². The molecule has 1 fully saturated rings. The van der Waals surface area contributed by atoms with Crippen LogP contribution >= 0.6 is 0 Å². The summed E-state index contributed by atoms with van der Waals surface area (Å²) in [5.41, 5.74) is 0.427. The van der Waals surface area contributed by atoms with Crippen molar-refractivity contribution in [2.75, 3.05) is 45.9 Å². The molecule has 37 heavy (non-hydrogen) atoms. The summed E-state index contributed by atoms with van der Waals surface area (Å²) in [6.07, 6.45) is 1.72. The highest BCUT2D eigenvalue weighted by Crippen LogP contribution is 2.39. The lowest BCUT2D eigenvalue weighted by molar-refractivity contribution is 0.0516. The Morgan fingerprint density at radius 1 is 0.811 bits per heavy atom. The minimum absolute atomic E-state index is 0.0146. The fourth-order valence-corrected chi connectivity index (χ4v) is 4.36. The topological polar surface area (TPSA) is 106 Å². The first kappa shape index (κ1) is 29.9. The van der Waals surface area contributed by atoms with Gasteiger partial charge in [-0.15, -0.1) is 0 Å². The summed E-state index contributed by atoms with van der Waals surface area (Å²) < 4.78 is 16.8. The zero-order chi connectivity index (χ0) is 27.5. The van der Waals surface area contributed by atoms with Crippen molar-refractivity contribution in [3.05, 3.63) is 22.8 Å². The van der Waals surface area contributed by atoms with Crippen molar-refractivity contribution in [1.82, 2.24) is 14.7 Å². The van der Waals surface area contributed by atoms with Crippen molar-refractivity contribution in [3.8, 4) is 11.5 Å². The Morgan fingerprint density at radius 3 is 1.84 bits per heavy atom. The standard InChI is InChI=1S/C27H41N3O7/c1-7-19-22(24(31)30-16-14-13-15-17-30)20(25(32)35-12-6)18-21(36-26(33)28(8-2)9-3)23(19)37-27(34)29(10-4)11-5/h18H,7-17H2,1-6H3. The second kappa shape index (κ2) is 14.4. The Hall–Kier alpha value is -3.30. The molecule has 1 heterocycles. The summed E-state index contributed by atoms with van der Waals surface area (Å²) in [6.45, 7) is 13.6. The Labute approximate surface area is 219 Å². The van der Waals surface area contributed by atoms with Gasteiger partial charge in [0.2, 0.25) is 0 Å². The molecule has 3 amide bonds. The highest BCUT2D eigenvalue weighted by atomic mass is 16.6. The monoisotopic (exact) mass is 519 g/mol. The van der Waals surface area contributed by atoms with Gasteiger partial charge in [-0.3, -0.25) is 4.79 Å². The van der Waals surface area contributed by atoms with E-state index >= 15 is 0 Å². The molecule has 1 aliphatic heterocycles. The fraction of sp³-hybridized carbons (Fsp3) is 0.630. The van der Waals surface area contributed by atoms with E-state index in [-0.39, 0.29) is 41.6 Å². The predicted molar refractivity (Wildman–Crippen MR) is 139 cm³/mol. The number of ether oxygens (including phenoxy) is 3. The number of rotatable bonds is 10. The average Bonchev–Trinajstić information content (AvgIpc) is 2.90. The first-order valence-corrected chi connectivity index (χ1v) is 13.4. The van der Waals surface area contributed by atoms with Crippen molar-refractivity contribution >= 4 is 24.1 Å². The number of hydrogen-bond acceptors (Lipinski definition) is 7. The number of nitrogens with zero attached hydrogens (tertiary/aromatic N) is 3. The molecule has 1 aromatic rings. The molecule has 10 heteroatoms. The zero-order valence-electron chi connectivity index (χ0n) is 23.1. The molecule has 1 saturated heterocycles. The van der Waals surface area contributed by atoms with E-state index in [1.54, 1.807) is 18.7 Å². The SMILES string of the molecule is CCOC(=O)c1cc(OC(=O)N(CC)CC)c(OC(=O)N(CC)CC)c(CC)c1C(=O)N1CCCCC1. The van der Waals surface area contributed by atoms with Crippen LogP contribution in [0.4, 0.5) is 9.59 Å². The maximum atomic E-state index is 13.8. The van der Waals surface area contributed by atoms with E-state index in [9.17, 15) is 19.2 Å². The van der Waals surface area contributed by atoms with Gasteiger partial charge in [0, 0.05) is 50.9 Å². The maximum absolute atomic E-state index is 13.8. The molecule has 0 aliphatic carbocycles.